The highest BCUT2D eigenvalue weighted by Gasteiger charge is 2.59. The number of rotatable bonds is 6. The van der Waals surface area contributed by atoms with Crippen LogP contribution in [0, 0.1) is 5.92 Å². The van der Waals surface area contributed by atoms with Gasteiger partial charge in [0.05, 0.1) is 6.04 Å². The molecule has 0 aliphatic carbocycles. The van der Waals surface area contributed by atoms with Crippen LogP contribution in [0.3, 0.4) is 0 Å². The molecule has 1 saturated heterocycles. The summed E-state index contributed by atoms with van der Waals surface area (Å²) in [6, 6.07) is 2.64. The molecular weight excluding hydrogens is 396 g/mol. The molecule has 0 radical (unpaired) electrons. The van der Waals surface area contributed by atoms with E-state index in [2.05, 4.69) is 10.3 Å². The number of hydrogen-bond acceptors (Lipinski definition) is 6. The SMILES string of the molecule is CC(C)C[C@H](NC(=O)OC(C)(C)C)[C@@]1(Cc2cc(Cl)ccn2)OC(C)(C)OC1=O. The smallest absolute Gasteiger partial charge is 0.407 e. The second-order valence-corrected chi connectivity index (χ2v) is 9.69. The van der Waals surface area contributed by atoms with E-state index >= 15 is 0 Å². The fourth-order valence-electron chi connectivity index (χ4n) is 3.36. The van der Waals surface area contributed by atoms with Gasteiger partial charge < -0.3 is 19.5 Å². The summed E-state index contributed by atoms with van der Waals surface area (Å²) >= 11 is 6.10. The average molecular weight is 427 g/mol. The van der Waals surface area contributed by atoms with Crippen molar-refractivity contribution in [1.82, 2.24) is 10.3 Å². The lowest BCUT2D eigenvalue weighted by molar-refractivity contribution is -0.170. The van der Waals surface area contributed by atoms with Gasteiger partial charge in [-0.1, -0.05) is 25.4 Å². The molecule has 2 rings (SSSR count). The number of pyridine rings is 1. The highest BCUT2D eigenvalue weighted by molar-refractivity contribution is 6.30. The van der Waals surface area contributed by atoms with Crippen molar-refractivity contribution in [3.05, 3.63) is 29.0 Å². The zero-order chi connectivity index (χ0) is 22.0. The maximum Gasteiger partial charge on any atom is 0.407 e. The van der Waals surface area contributed by atoms with Crippen molar-refractivity contribution >= 4 is 23.7 Å². The summed E-state index contributed by atoms with van der Waals surface area (Å²) in [7, 11) is 0. The van der Waals surface area contributed by atoms with Crippen LogP contribution in [0.15, 0.2) is 18.3 Å². The Labute approximate surface area is 177 Å². The Morgan fingerprint density at radius 1 is 1.34 bits per heavy atom. The summed E-state index contributed by atoms with van der Waals surface area (Å²) in [6.07, 6.45) is 1.52. The highest BCUT2D eigenvalue weighted by atomic mass is 35.5. The summed E-state index contributed by atoms with van der Waals surface area (Å²) < 4.78 is 17.1. The number of aromatic nitrogens is 1. The van der Waals surface area contributed by atoms with E-state index in [1.165, 1.54) is 0 Å². The molecule has 1 aromatic rings. The Morgan fingerprint density at radius 3 is 2.48 bits per heavy atom. The van der Waals surface area contributed by atoms with Gasteiger partial charge in [0, 0.05) is 37.2 Å². The van der Waals surface area contributed by atoms with Crippen molar-refractivity contribution in [3.63, 3.8) is 0 Å². The quantitative estimate of drug-likeness (QED) is 0.683. The Bertz CT molecular complexity index is 760. The lowest BCUT2D eigenvalue weighted by Gasteiger charge is -2.36. The number of ether oxygens (including phenoxy) is 3. The van der Waals surface area contributed by atoms with Gasteiger partial charge in [0.2, 0.25) is 5.79 Å². The molecule has 1 amide bonds. The monoisotopic (exact) mass is 426 g/mol. The van der Waals surface area contributed by atoms with Crippen molar-refractivity contribution in [2.24, 2.45) is 5.92 Å². The molecule has 1 aliphatic rings. The van der Waals surface area contributed by atoms with E-state index in [-0.39, 0.29) is 12.3 Å². The van der Waals surface area contributed by atoms with Crippen LogP contribution in [0.5, 0.6) is 0 Å². The molecule has 0 unspecified atom stereocenters. The van der Waals surface area contributed by atoms with Crippen molar-refractivity contribution in [2.45, 2.75) is 84.3 Å². The molecule has 1 aromatic heterocycles. The van der Waals surface area contributed by atoms with E-state index in [1.807, 2.05) is 13.8 Å². The third kappa shape index (κ3) is 6.31. The van der Waals surface area contributed by atoms with Gasteiger partial charge in [-0.3, -0.25) is 4.98 Å². The Hall–Kier alpha value is -1.86. The van der Waals surface area contributed by atoms with Gasteiger partial charge in [-0.2, -0.15) is 0 Å². The molecule has 1 N–H and O–H groups in total. The number of esters is 1. The molecule has 162 valence electrons. The topological polar surface area (TPSA) is 86.8 Å². The van der Waals surface area contributed by atoms with Crippen molar-refractivity contribution < 1.29 is 23.8 Å². The summed E-state index contributed by atoms with van der Waals surface area (Å²) in [5, 5.41) is 3.34. The minimum atomic E-state index is -1.46. The largest absolute Gasteiger partial charge is 0.444 e. The normalized spacial score (nSPS) is 22.3. The molecule has 0 aromatic carbocycles. The van der Waals surface area contributed by atoms with Gasteiger partial charge >= 0.3 is 12.1 Å². The number of hydrogen-bond donors (Lipinski definition) is 1. The minimum Gasteiger partial charge on any atom is -0.444 e. The van der Waals surface area contributed by atoms with Gasteiger partial charge in [0.1, 0.15) is 5.60 Å². The van der Waals surface area contributed by atoms with Crippen LogP contribution < -0.4 is 5.32 Å². The maximum atomic E-state index is 13.1. The first-order chi connectivity index (χ1) is 13.2. The fraction of sp³-hybridized carbons (Fsp3) is 0.667. The van der Waals surface area contributed by atoms with Crippen molar-refractivity contribution in [3.8, 4) is 0 Å². The molecule has 29 heavy (non-hydrogen) atoms. The first-order valence-corrected chi connectivity index (χ1v) is 10.1. The van der Waals surface area contributed by atoms with Crippen LogP contribution in [0.2, 0.25) is 5.02 Å². The molecule has 8 heteroatoms. The first kappa shape index (κ1) is 23.4. The van der Waals surface area contributed by atoms with Gasteiger partial charge in [-0.15, -0.1) is 0 Å². The van der Waals surface area contributed by atoms with E-state index in [9.17, 15) is 9.59 Å². The van der Waals surface area contributed by atoms with Gasteiger partial charge in [0.25, 0.3) is 0 Å². The van der Waals surface area contributed by atoms with Gasteiger partial charge in [-0.25, -0.2) is 9.59 Å². The maximum absolute atomic E-state index is 13.1. The third-order valence-corrected chi connectivity index (χ3v) is 4.53. The zero-order valence-electron chi connectivity index (χ0n) is 18.2. The molecule has 1 aliphatic heterocycles. The standard InChI is InChI=1S/C21H31ClN2O5/c1-13(2)10-16(24-18(26)28-19(3,4)5)21(17(25)27-20(6,7)29-21)12-15-11-14(22)8-9-23-15/h8-9,11,13,16H,10,12H2,1-7H3,(H,24,26)/t16-,21+/m0/s1. The van der Waals surface area contributed by atoms with E-state index in [1.54, 1.807) is 52.9 Å². The summed E-state index contributed by atoms with van der Waals surface area (Å²) in [6.45, 7) is 12.7. The van der Waals surface area contributed by atoms with Crippen LogP contribution in [0.1, 0.15) is 60.6 Å². The number of amides is 1. The molecule has 2 atom stereocenters. The molecular formula is C21H31ClN2O5. The second kappa shape index (κ2) is 8.48. The summed E-state index contributed by atoms with van der Waals surface area (Å²) in [4.78, 5) is 30.0. The van der Waals surface area contributed by atoms with Crippen LogP contribution in [0.4, 0.5) is 4.79 Å². The Morgan fingerprint density at radius 2 is 2.00 bits per heavy atom. The fourth-order valence-corrected chi connectivity index (χ4v) is 3.54. The van der Waals surface area contributed by atoms with E-state index < -0.39 is 35.1 Å². The summed E-state index contributed by atoms with van der Waals surface area (Å²) in [5.74, 6) is -1.52. The number of carbonyl (C=O) groups excluding carboxylic acids is 2. The lowest BCUT2D eigenvalue weighted by atomic mass is 9.84. The molecule has 1 fully saturated rings. The minimum absolute atomic E-state index is 0.100. The number of nitrogens with one attached hydrogen (secondary N) is 1. The van der Waals surface area contributed by atoms with Crippen molar-refractivity contribution in [2.75, 3.05) is 0 Å². The highest BCUT2D eigenvalue weighted by Crippen LogP contribution is 2.39. The number of cyclic esters (lactones) is 1. The van der Waals surface area contributed by atoms with Gasteiger partial charge in [0.15, 0.2) is 5.60 Å². The first-order valence-electron chi connectivity index (χ1n) is 9.76. The van der Waals surface area contributed by atoms with Gasteiger partial charge in [-0.05, 0) is 45.2 Å². The molecule has 0 saturated carbocycles. The predicted octanol–water partition coefficient (Wildman–Crippen LogP) is 4.27. The number of carbonyl (C=O) groups is 2. The van der Waals surface area contributed by atoms with Crippen LogP contribution in [-0.4, -0.2) is 40.1 Å². The number of alkyl carbamates (subject to hydrolysis) is 1. The van der Waals surface area contributed by atoms with Crippen molar-refractivity contribution in [1.29, 1.82) is 0 Å². The molecule has 2 heterocycles. The predicted molar refractivity (Wildman–Crippen MR) is 110 cm³/mol. The molecule has 7 nitrogen and oxygen atoms in total. The Kier molecular flexibility index (Phi) is 6.85. The van der Waals surface area contributed by atoms with Crippen LogP contribution in [0.25, 0.3) is 0 Å². The number of nitrogens with zero attached hydrogens (tertiary/aromatic N) is 1. The number of halogens is 1. The zero-order valence-corrected chi connectivity index (χ0v) is 18.9. The average Bonchev–Trinajstić information content (AvgIpc) is 2.73. The molecule has 0 bridgehead atoms. The van der Waals surface area contributed by atoms with Crippen LogP contribution >= 0.6 is 11.6 Å². The second-order valence-electron chi connectivity index (χ2n) is 9.25. The van der Waals surface area contributed by atoms with E-state index in [0.29, 0.717) is 17.1 Å². The van der Waals surface area contributed by atoms with E-state index in [4.69, 9.17) is 25.8 Å². The molecule has 0 spiro atoms. The van der Waals surface area contributed by atoms with Crippen LogP contribution in [-0.2, 0) is 25.4 Å². The van der Waals surface area contributed by atoms with E-state index in [0.717, 1.165) is 0 Å². The lowest BCUT2D eigenvalue weighted by Crippen LogP contribution is -2.59. The third-order valence-electron chi connectivity index (χ3n) is 4.30. The Balaban J connectivity index is 2.44. The summed E-state index contributed by atoms with van der Waals surface area (Å²) in [5.41, 5.74) is -1.57.